The Hall–Kier alpha value is -1.66. The van der Waals surface area contributed by atoms with E-state index in [1.807, 2.05) is 12.3 Å². The zero-order valence-electron chi connectivity index (χ0n) is 13.8. The number of thiophene rings is 1. The first-order chi connectivity index (χ1) is 11.4. The summed E-state index contributed by atoms with van der Waals surface area (Å²) in [6.45, 7) is 1.91. The second-order valence-corrected chi connectivity index (χ2v) is 9.27. The molecule has 1 N–H and O–H groups in total. The summed E-state index contributed by atoms with van der Waals surface area (Å²) < 4.78 is 23.0. The van der Waals surface area contributed by atoms with E-state index in [1.54, 1.807) is 35.6 Å². The summed E-state index contributed by atoms with van der Waals surface area (Å²) in [5, 5.41) is 4.99. The third-order valence-electron chi connectivity index (χ3n) is 4.46. The maximum Gasteiger partial charge on any atom is 0.252 e. The summed E-state index contributed by atoms with van der Waals surface area (Å²) in [6, 6.07) is 6.50. The maximum atomic E-state index is 12.6. The van der Waals surface area contributed by atoms with Crippen LogP contribution in [0.4, 0.5) is 0 Å². The van der Waals surface area contributed by atoms with Gasteiger partial charge in [0.25, 0.3) is 5.91 Å². The van der Waals surface area contributed by atoms with Gasteiger partial charge in [-0.05, 0) is 55.9 Å². The quantitative estimate of drug-likeness (QED) is 0.904. The SMILES string of the molecule is C[C@H](NC(=O)c1csc2c1CCCC2)c1ccc(S(C)(=O)=O)cc1. The van der Waals surface area contributed by atoms with Gasteiger partial charge in [-0.15, -0.1) is 11.3 Å². The molecule has 0 unspecified atom stereocenters. The molecule has 1 aromatic carbocycles. The Balaban J connectivity index is 1.73. The number of sulfone groups is 1. The highest BCUT2D eigenvalue weighted by molar-refractivity contribution is 7.90. The van der Waals surface area contributed by atoms with Gasteiger partial charge in [0.05, 0.1) is 16.5 Å². The molecule has 2 aromatic rings. The van der Waals surface area contributed by atoms with Crippen molar-refractivity contribution >= 4 is 27.1 Å². The number of nitrogens with one attached hydrogen (secondary N) is 1. The van der Waals surface area contributed by atoms with E-state index in [-0.39, 0.29) is 16.8 Å². The minimum Gasteiger partial charge on any atom is -0.345 e. The molecule has 1 atom stereocenters. The predicted octanol–water partition coefficient (Wildman–Crippen LogP) is 3.52. The number of hydrogen-bond acceptors (Lipinski definition) is 4. The van der Waals surface area contributed by atoms with Crippen molar-refractivity contribution in [1.29, 1.82) is 0 Å². The molecule has 24 heavy (non-hydrogen) atoms. The van der Waals surface area contributed by atoms with Crippen molar-refractivity contribution in [3.05, 3.63) is 51.2 Å². The van der Waals surface area contributed by atoms with Crippen molar-refractivity contribution in [2.75, 3.05) is 6.26 Å². The number of aryl methyl sites for hydroxylation is 1. The minimum atomic E-state index is -3.20. The van der Waals surface area contributed by atoms with E-state index in [1.165, 1.54) is 23.1 Å². The Labute approximate surface area is 146 Å². The monoisotopic (exact) mass is 363 g/mol. The average Bonchev–Trinajstić information content (AvgIpc) is 2.98. The molecule has 1 aliphatic rings. The largest absolute Gasteiger partial charge is 0.345 e. The molecule has 0 fully saturated rings. The molecular formula is C18H21NO3S2. The van der Waals surface area contributed by atoms with Crippen LogP contribution in [0.2, 0.25) is 0 Å². The molecule has 1 aromatic heterocycles. The van der Waals surface area contributed by atoms with Gasteiger partial charge in [-0.1, -0.05) is 12.1 Å². The Morgan fingerprint density at radius 2 is 1.83 bits per heavy atom. The van der Waals surface area contributed by atoms with Crippen molar-refractivity contribution in [3.63, 3.8) is 0 Å². The molecule has 0 saturated heterocycles. The van der Waals surface area contributed by atoms with Crippen molar-refractivity contribution in [2.45, 2.75) is 43.5 Å². The third kappa shape index (κ3) is 3.54. The number of benzene rings is 1. The highest BCUT2D eigenvalue weighted by Gasteiger charge is 2.21. The number of rotatable bonds is 4. The number of carbonyl (C=O) groups is 1. The molecule has 3 rings (SSSR count). The molecule has 6 heteroatoms. The third-order valence-corrected chi connectivity index (χ3v) is 6.68. The van der Waals surface area contributed by atoms with Crippen LogP contribution in [0.3, 0.4) is 0 Å². The van der Waals surface area contributed by atoms with Gasteiger partial charge in [0.15, 0.2) is 9.84 Å². The molecule has 1 amide bonds. The van der Waals surface area contributed by atoms with Crippen LogP contribution in [-0.4, -0.2) is 20.6 Å². The van der Waals surface area contributed by atoms with Crippen LogP contribution in [0, 0.1) is 0 Å². The molecule has 4 nitrogen and oxygen atoms in total. The lowest BCUT2D eigenvalue weighted by Crippen LogP contribution is -2.27. The second kappa shape index (κ2) is 6.69. The van der Waals surface area contributed by atoms with Crippen LogP contribution in [0.15, 0.2) is 34.5 Å². The van der Waals surface area contributed by atoms with E-state index in [9.17, 15) is 13.2 Å². The number of hydrogen-bond donors (Lipinski definition) is 1. The van der Waals surface area contributed by atoms with Gasteiger partial charge < -0.3 is 5.32 Å². The van der Waals surface area contributed by atoms with Gasteiger partial charge in [0, 0.05) is 16.5 Å². The Morgan fingerprint density at radius 1 is 1.17 bits per heavy atom. The molecule has 128 valence electrons. The molecule has 0 spiro atoms. The number of fused-ring (bicyclic) bond motifs is 1. The van der Waals surface area contributed by atoms with Gasteiger partial charge in [-0.2, -0.15) is 0 Å². The standard InChI is InChI=1S/C18H21NO3S2/c1-12(13-7-9-14(10-8-13)24(2,21)22)19-18(20)16-11-23-17-6-4-3-5-15(16)17/h7-12H,3-6H2,1-2H3,(H,19,20)/t12-/m0/s1. The normalized spacial score (nSPS) is 15.6. The van der Waals surface area contributed by atoms with Crippen LogP contribution in [0.25, 0.3) is 0 Å². The van der Waals surface area contributed by atoms with Gasteiger partial charge in [-0.3, -0.25) is 4.79 Å². The molecule has 1 heterocycles. The second-order valence-electron chi connectivity index (χ2n) is 6.29. The summed E-state index contributed by atoms with van der Waals surface area (Å²) >= 11 is 1.68. The van der Waals surface area contributed by atoms with Crippen molar-refractivity contribution in [1.82, 2.24) is 5.32 Å². The van der Waals surface area contributed by atoms with Crippen molar-refractivity contribution < 1.29 is 13.2 Å². The molecule has 0 bridgehead atoms. The summed E-state index contributed by atoms with van der Waals surface area (Å²) in [6.07, 6.45) is 5.60. The van der Waals surface area contributed by atoms with Gasteiger partial charge >= 0.3 is 0 Å². The van der Waals surface area contributed by atoms with Crippen LogP contribution in [0.5, 0.6) is 0 Å². The van der Waals surface area contributed by atoms with Crippen LogP contribution < -0.4 is 5.32 Å². The molecule has 0 aliphatic heterocycles. The summed E-state index contributed by atoms with van der Waals surface area (Å²) in [4.78, 5) is 14.2. The molecular weight excluding hydrogens is 342 g/mol. The van der Waals surface area contributed by atoms with Crippen LogP contribution in [0.1, 0.15) is 52.2 Å². The highest BCUT2D eigenvalue weighted by Crippen LogP contribution is 2.30. The predicted molar refractivity (Wildman–Crippen MR) is 96.4 cm³/mol. The Bertz CT molecular complexity index is 851. The van der Waals surface area contributed by atoms with E-state index in [0.29, 0.717) is 0 Å². The van der Waals surface area contributed by atoms with E-state index in [4.69, 9.17) is 0 Å². The Morgan fingerprint density at radius 3 is 2.50 bits per heavy atom. The van der Waals surface area contributed by atoms with Crippen molar-refractivity contribution in [3.8, 4) is 0 Å². The minimum absolute atomic E-state index is 0.0471. The lowest BCUT2D eigenvalue weighted by molar-refractivity contribution is 0.0939. The van der Waals surface area contributed by atoms with Gasteiger partial charge in [0.1, 0.15) is 0 Å². The number of amides is 1. The summed E-state index contributed by atoms with van der Waals surface area (Å²) in [7, 11) is -3.20. The first-order valence-electron chi connectivity index (χ1n) is 8.06. The fourth-order valence-electron chi connectivity index (χ4n) is 3.05. The Kier molecular flexibility index (Phi) is 4.78. The fraction of sp³-hybridized carbons (Fsp3) is 0.389. The van der Waals surface area contributed by atoms with Gasteiger partial charge in [0.2, 0.25) is 0 Å². The van der Waals surface area contributed by atoms with Crippen molar-refractivity contribution in [2.24, 2.45) is 0 Å². The maximum absolute atomic E-state index is 12.6. The lowest BCUT2D eigenvalue weighted by atomic mass is 9.95. The lowest BCUT2D eigenvalue weighted by Gasteiger charge is -2.16. The highest BCUT2D eigenvalue weighted by atomic mass is 32.2. The van der Waals surface area contributed by atoms with Gasteiger partial charge in [-0.25, -0.2) is 8.42 Å². The average molecular weight is 364 g/mol. The fourth-order valence-corrected chi connectivity index (χ4v) is 4.80. The van der Waals surface area contributed by atoms with E-state index < -0.39 is 9.84 Å². The molecule has 1 aliphatic carbocycles. The first-order valence-corrected chi connectivity index (χ1v) is 10.8. The van der Waals surface area contributed by atoms with E-state index in [2.05, 4.69) is 5.32 Å². The van der Waals surface area contributed by atoms with Crippen LogP contribution in [-0.2, 0) is 22.7 Å². The first kappa shape index (κ1) is 17.2. The molecule has 0 saturated carbocycles. The summed E-state index contributed by atoms with van der Waals surface area (Å²) in [5.41, 5.74) is 2.90. The van der Waals surface area contributed by atoms with E-state index in [0.717, 1.165) is 30.4 Å². The van der Waals surface area contributed by atoms with Crippen LogP contribution >= 0.6 is 11.3 Å². The summed E-state index contributed by atoms with van der Waals surface area (Å²) in [5.74, 6) is -0.0471. The van der Waals surface area contributed by atoms with E-state index >= 15 is 0 Å². The zero-order valence-corrected chi connectivity index (χ0v) is 15.5. The zero-order chi connectivity index (χ0) is 17.3. The smallest absolute Gasteiger partial charge is 0.252 e. The molecule has 0 radical (unpaired) electrons. The number of carbonyl (C=O) groups excluding carboxylic acids is 1. The topological polar surface area (TPSA) is 63.2 Å².